The smallest absolute Gasteiger partial charge is 0.344 e. The van der Waals surface area contributed by atoms with E-state index in [0.717, 1.165) is 18.4 Å². The molecule has 1 aliphatic rings. The summed E-state index contributed by atoms with van der Waals surface area (Å²) in [7, 11) is 0. The van der Waals surface area contributed by atoms with Crippen molar-refractivity contribution in [2.45, 2.75) is 71.3 Å². The molecule has 1 aromatic rings. The maximum Gasteiger partial charge on any atom is 0.344 e. The van der Waals surface area contributed by atoms with Gasteiger partial charge in [-0.2, -0.15) is 0 Å². The van der Waals surface area contributed by atoms with Crippen molar-refractivity contribution in [2.75, 3.05) is 13.2 Å². The first kappa shape index (κ1) is 20.3. The molecule has 1 saturated carbocycles. The Morgan fingerprint density at radius 1 is 1.04 bits per heavy atom. The first-order valence-electron chi connectivity index (χ1n) is 9.19. The Balaban J connectivity index is 1.97. The monoisotopic (exact) mass is 361 g/mol. The summed E-state index contributed by atoms with van der Waals surface area (Å²) in [6, 6.07) is 6.34. The highest BCUT2D eigenvalue weighted by molar-refractivity contribution is 5.81. The SMILES string of the molecule is CC(C)(C)c1ccc(OCC(=O)OCC(=O)NC2CC2)c(C(C)(C)C)c1. The molecule has 1 amide bonds. The van der Waals surface area contributed by atoms with Crippen molar-refractivity contribution >= 4 is 11.9 Å². The highest BCUT2D eigenvalue weighted by Gasteiger charge is 2.25. The number of carbonyl (C=O) groups excluding carboxylic acids is 2. The molecule has 1 aromatic carbocycles. The fraction of sp³-hybridized carbons (Fsp3) is 0.619. The molecule has 2 rings (SSSR count). The van der Waals surface area contributed by atoms with Gasteiger partial charge in [-0.15, -0.1) is 0 Å². The van der Waals surface area contributed by atoms with E-state index >= 15 is 0 Å². The number of esters is 1. The molecule has 0 aliphatic heterocycles. The zero-order valence-electron chi connectivity index (χ0n) is 16.8. The van der Waals surface area contributed by atoms with Crippen LogP contribution in [0.3, 0.4) is 0 Å². The summed E-state index contributed by atoms with van der Waals surface area (Å²) in [6.45, 7) is 12.4. The second-order valence-corrected chi connectivity index (χ2v) is 9.00. The molecule has 0 atom stereocenters. The molecule has 5 heteroatoms. The van der Waals surface area contributed by atoms with Crippen molar-refractivity contribution in [3.8, 4) is 5.75 Å². The minimum atomic E-state index is -0.546. The number of ether oxygens (including phenoxy) is 2. The quantitative estimate of drug-likeness (QED) is 0.788. The van der Waals surface area contributed by atoms with Crippen molar-refractivity contribution in [3.63, 3.8) is 0 Å². The zero-order valence-corrected chi connectivity index (χ0v) is 16.8. The van der Waals surface area contributed by atoms with E-state index in [1.165, 1.54) is 5.56 Å². The molecule has 1 N–H and O–H groups in total. The standard InChI is InChI=1S/C21H31NO4/c1-20(2,3)14-7-10-17(16(11-14)21(4,5)6)25-13-19(24)26-12-18(23)22-15-8-9-15/h7,10-11,15H,8-9,12-13H2,1-6H3,(H,22,23). The molecule has 0 aromatic heterocycles. The van der Waals surface area contributed by atoms with Crippen molar-refractivity contribution in [3.05, 3.63) is 29.3 Å². The van der Waals surface area contributed by atoms with Crippen LogP contribution >= 0.6 is 0 Å². The molecule has 0 saturated heterocycles. The molecule has 1 aliphatic carbocycles. The summed E-state index contributed by atoms with van der Waals surface area (Å²) in [5.74, 6) is -0.133. The average Bonchev–Trinajstić information content (AvgIpc) is 3.32. The predicted molar refractivity (Wildman–Crippen MR) is 101 cm³/mol. The van der Waals surface area contributed by atoms with E-state index < -0.39 is 5.97 Å². The molecular formula is C21H31NO4. The Kier molecular flexibility index (Phi) is 5.99. The Morgan fingerprint density at radius 3 is 2.23 bits per heavy atom. The van der Waals surface area contributed by atoms with E-state index in [0.29, 0.717) is 5.75 Å². The maximum atomic E-state index is 11.9. The van der Waals surface area contributed by atoms with Crippen LogP contribution in [-0.2, 0) is 25.2 Å². The van der Waals surface area contributed by atoms with E-state index in [9.17, 15) is 9.59 Å². The summed E-state index contributed by atoms with van der Waals surface area (Å²) in [6.07, 6.45) is 2.01. The topological polar surface area (TPSA) is 64.6 Å². The summed E-state index contributed by atoms with van der Waals surface area (Å²) in [5, 5.41) is 2.78. The predicted octanol–water partition coefficient (Wildman–Crippen LogP) is 3.48. The molecule has 0 radical (unpaired) electrons. The number of rotatable bonds is 6. The van der Waals surface area contributed by atoms with E-state index in [1.54, 1.807) is 0 Å². The molecule has 26 heavy (non-hydrogen) atoms. The van der Waals surface area contributed by atoms with Gasteiger partial charge in [-0.05, 0) is 40.9 Å². The molecule has 0 heterocycles. The molecule has 0 bridgehead atoms. The van der Waals surface area contributed by atoms with E-state index in [2.05, 4.69) is 52.9 Å². The lowest BCUT2D eigenvalue weighted by molar-refractivity contribution is -0.150. The second-order valence-electron chi connectivity index (χ2n) is 9.00. The lowest BCUT2D eigenvalue weighted by Crippen LogP contribution is -2.31. The van der Waals surface area contributed by atoms with Crippen molar-refractivity contribution in [2.24, 2.45) is 0 Å². The first-order chi connectivity index (χ1) is 12.0. The minimum Gasteiger partial charge on any atom is -0.482 e. The summed E-state index contributed by atoms with van der Waals surface area (Å²) in [4.78, 5) is 23.4. The lowest BCUT2D eigenvalue weighted by Gasteiger charge is -2.27. The van der Waals surface area contributed by atoms with Gasteiger partial charge in [0.1, 0.15) is 5.75 Å². The highest BCUT2D eigenvalue weighted by Crippen LogP contribution is 2.35. The zero-order chi connectivity index (χ0) is 19.5. The van der Waals surface area contributed by atoms with Crippen LogP contribution in [0, 0.1) is 0 Å². The largest absolute Gasteiger partial charge is 0.482 e. The minimum absolute atomic E-state index is 0.0341. The van der Waals surface area contributed by atoms with Crippen LogP contribution < -0.4 is 10.1 Å². The third-order valence-electron chi connectivity index (χ3n) is 4.31. The Labute approximate surface area is 156 Å². The van der Waals surface area contributed by atoms with Crippen LogP contribution in [0.1, 0.15) is 65.5 Å². The van der Waals surface area contributed by atoms with Gasteiger partial charge in [-0.1, -0.05) is 53.7 Å². The first-order valence-corrected chi connectivity index (χ1v) is 9.19. The van der Waals surface area contributed by atoms with E-state index in [1.807, 2.05) is 12.1 Å². The van der Waals surface area contributed by atoms with E-state index in [4.69, 9.17) is 9.47 Å². The fourth-order valence-electron chi connectivity index (χ4n) is 2.53. The maximum absolute atomic E-state index is 11.9. The van der Waals surface area contributed by atoms with Crippen LogP contribution in [0.15, 0.2) is 18.2 Å². The second kappa shape index (κ2) is 7.68. The van der Waals surface area contributed by atoms with Crippen LogP contribution in [0.5, 0.6) is 5.75 Å². The molecule has 0 unspecified atom stereocenters. The van der Waals surface area contributed by atoms with Crippen molar-refractivity contribution in [1.82, 2.24) is 5.32 Å². The summed E-state index contributed by atoms with van der Waals surface area (Å²) >= 11 is 0. The number of hydrogen-bond acceptors (Lipinski definition) is 4. The van der Waals surface area contributed by atoms with Gasteiger partial charge < -0.3 is 14.8 Å². The van der Waals surface area contributed by atoms with Gasteiger partial charge in [-0.3, -0.25) is 4.79 Å². The molecule has 0 spiro atoms. The van der Waals surface area contributed by atoms with Gasteiger partial charge in [-0.25, -0.2) is 4.79 Å². The average molecular weight is 361 g/mol. The number of hydrogen-bond donors (Lipinski definition) is 1. The summed E-state index contributed by atoms with van der Waals surface area (Å²) in [5.41, 5.74) is 2.18. The lowest BCUT2D eigenvalue weighted by atomic mass is 9.80. The Bertz CT molecular complexity index is 664. The Morgan fingerprint density at radius 2 is 1.69 bits per heavy atom. The van der Waals surface area contributed by atoms with Crippen LogP contribution in [0.4, 0.5) is 0 Å². The number of carbonyl (C=O) groups is 2. The number of benzene rings is 1. The molecular weight excluding hydrogens is 330 g/mol. The molecule has 5 nitrogen and oxygen atoms in total. The van der Waals surface area contributed by atoms with E-state index in [-0.39, 0.29) is 36.0 Å². The number of nitrogens with one attached hydrogen (secondary N) is 1. The van der Waals surface area contributed by atoms with Gasteiger partial charge in [0.05, 0.1) is 0 Å². The fourth-order valence-corrected chi connectivity index (χ4v) is 2.53. The van der Waals surface area contributed by atoms with Gasteiger partial charge in [0.15, 0.2) is 13.2 Å². The van der Waals surface area contributed by atoms with Gasteiger partial charge >= 0.3 is 5.97 Å². The number of amides is 1. The van der Waals surface area contributed by atoms with Crippen LogP contribution in [0.25, 0.3) is 0 Å². The molecule has 144 valence electrons. The van der Waals surface area contributed by atoms with Crippen LogP contribution in [0.2, 0.25) is 0 Å². The van der Waals surface area contributed by atoms with Crippen molar-refractivity contribution < 1.29 is 19.1 Å². The summed E-state index contributed by atoms with van der Waals surface area (Å²) < 4.78 is 10.7. The van der Waals surface area contributed by atoms with Crippen LogP contribution in [-0.4, -0.2) is 31.1 Å². The van der Waals surface area contributed by atoms with Gasteiger partial charge in [0, 0.05) is 6.04 Å². The van der Waals surface area contributed by atoms with Gasteiger partial charge in [0.2, 0.25) is 0 Å². The third-order valence-corrected chi connectivity index (χ3v) is 4.31. The third kappa shape index (κ3) is 6.04. The van der Waals surface area contributed by atoms with Crippen molar-refractivity contribution in [1.29, 1.82) is 0 Å². The highest BCUT2D eigenvalue weighted by atomic mass is 16.6. The molecule has 1 fully saturated rings. The Hall–Kier alpha value is -2.04. The van der Waals surface area contributed by atoms with Gasteiger partial charge in [0.25, 0.3) is 5.91 Å². The normalized spacial score (nSPS) is 14.7.